The summed E-state index contributed by atoms with van der Waals surface area (Å²) >= 11 is 0. The molecule has 0 aliphatic heterocycles. The summed E-state index contributed by atoms with van der Waals surface area (Å²) in [6, 6.07) is 19.9. The third-order valence-electron chi connectivity index (χ3n) is 5.81. The second kappa shape index (κ2) is 19.2. The van der Waals surface area contributed by atoms with E-state index in [4.69, 9.17) is 40.7 Å². The SMILES string of the molecule is CN(C(=O)OC(C)(C)C)C(CN)Cc1ccccc1.CN(C(=O)OC(C)(C)C)C(CN)Cc1ccccc1.O=C(O)C(=O)O. The molecular weight excluding hydrogens is 568 g/mol. The van der Waals surface area contributed by atoms with Gasteiger partial charge in [-0.05, 0) is 65.5 Å². The zero-order valence-electron chi connectivity index (χ0n) is 27.1. The minimum atomic E-state index is -1.82. The van der Waals surface area contributed by atoms with Crippen LogP contribution in [0.1, 0.15) is 52.7 Å². The van der Waals surface area contributed by atoms with Crippen molar-refractivity contribution in [2.45, 2.75) is 77.7 Å². The minimum absolute atomic E-state index is 0.0581. The first kappa shape index (κ1) is 39.8. The number of hydrogen-bond acceptors (Lipinski definition) is 8. The lowest BCUT2D eigenvalue weighted by molar-refractivity contribution is -0.159. The molecule has 2 unspecified atom stereocenters. The number of carbonyl (C=O) groups excluding carboxylic acids is 2. The Kier molecular flexibility index (Phi) is 17.4. The molecule has 0 aromatic heterocycles. The van der Waals surface area contributed by atoms with Gasteiger partial charge in [-0.25, -0.2) is 19.2 Å². The van der Waals surface area contributed by atoms with E-state index in [1.165, 1.54) is 0 Å². The molecule has 0 radical (unpaired) electrons. The maximum absolute atomic E-state index is 12.0. The molecule has 0 heterocycles. The summed E-state index contributed by atoms with van der Waals surface area (Å²) in [6.07, 6.45) is 0.790. The average Bonchev–Trinajstić information content (AvgIpc) is 2.93. The summed E-state index contributed by atoms with van der Waals surface area (Å²) in [5.41, 5.74) is 12.9. The number of rotatable bonds is 8. The predicted octanol–water partition coefficient (Wildman–Crippen LogP) is 4.00. The van der Waals surface area contributed by atoms with Crippen LogP contribution < -0.4 is 11.5 Å². The average molecular weight is 619 g/mol. The zero-order valence-corrected chi connectivity index (χ0v) is 27.1. The fourth-order valence-electron chi connectivity index (χ4n) is 3.50. The molecule has 2 atom stereocenters. The van der Waals surface area contributed by atoms with Crippen LogP contribution in [0.2, 0.25) is 0 Å². The Labute approximate surface area is 260 Å². The van der Waals surface area contributed by atoms with Crippen molar-refractivity contribution in [1.29, 1.82) is 0 Å². The smallest absolute Gasteiger partial charge is 0.414 e. The highest BCUT2D eigenvalue weighted by Crippen LogP contribution is 2.14. The third kappa shape index (κ3) is 17.7. The maximum atomic E-state index is 12.0. The lowest BCUT2D eigenvalue weighted by atomic mass is 10.1. The number of nitrogens with two attached hydrogens (primary N) is 2. The number of carboxylic acid groups (broad SMARTS) is 2. The number of amides is 2. The molecular formula is C32H50N4O8. The van der Waals surface area contributed by atoms with E-state index in [0.717, 1.165) is 24.0 Å². The fraction of sp³-hybridized carbons (Fsp3) is 0.500. The van der Waals surface area contributed by atoms with Gasteiger partial charge in [0.05, 0.1) is 12.1 Å². The highest BCUT2D eigenvalue weighted by Gasteiger charge is 2.25. The van der Waals surface area contributed by atoms with Crippen molar-refractivity contribution in [3.05, 3.63) is 71.8 Å². The van der Waals surface area contributed by atoms with Crippen LogP contribution >= 0.6 is 0 Å². The van der Waals surface area contributed by atoms with E-state index in [2.05, 4.69) is 0 Å². The van der Waals surface area contributed by atoms with Gasteiger partial charge in [-0.15, -0.1) is 0 Å². The van der Waals surface area contributed by atoms with Gasteiger partial charge in [0, 0.05) is 27.2 Å². The van der Waals surface area contributed by atoms with Gasteiger partial charge in [0.15, 0.2) is 0 Å². The number of ether oxygens (including phenoxy) is 2. The molecule has 0 saturated heterocycles. The van der Waals surface area contributed by atoms with Crippen molar-refractivity contribution >= 4 is 24.1 Å². The molecule has 12 nitrogen and oxygen atoms in total. The Morgan fingerprint density at radius 3 is 1.11 bits per heavy atom. The summed E-state index contributed by atoms with van der Waals surface area (Å²) < 4.78 is 10.7. The number of carbonyl (C=O) groups is 4. The van der Waals surface area contributed by atoms with Gasteiger partial charge in [-0.1, -0.05) is 60.7 Å². The molecule has 0 bridgehead atoms. The van der Waals surface area contributed by atoms with E-state index in [1.54, 1.807) is 23.9 Å². The highest BCUT2D eigenvalue weighted by atomic mass is 16.6. The monoisotopic (exact) mass is 618 g/mol. The number of benzene rings is 2. The van der Waals surface area contributed by atoms with Crippen LogP contribution in [0.4, 0.5) is 9.59 Å². The Bertz CT molecular complexity index is 1060. The number of carboxylic acids is 2. The second-order valence-electron chi connectivity index (χ2n) is 12.0. The Morgan fingerprint density at radius 2 is 0.909 bits per heavy atom. The second-order valence-corrected chi connectivity index (χ2v) is 12.0. The van der Waals surface area contributed by atoms with Crippen LogP contribution in [0.5, 0.6) is 0 Å². The lowest BCUT2D eigenvalue weighted by Gasteiger charge is -2.30. The van der Waals surface area contributed by atoms with Crippen molar-refractivity contribution in [3.63, 3.8) is 0 Å². The highest BCUT2D eigenvalue weighted by molar-refractivity contribution is 6.27. The van der Waals surface area contributed by atoms with Crippen molar-refractivity contribution in [2.24, 2.45) is 11.5 Å². The lowest BCUT2D eigenvalue weighted by Crippen LogP contribution is -2.45. The van der Waals surface area contributed by atoms with Crippen LogP contribution in [0.15, 0.2) is 60.7 Å². The van der Waals surface area contributed by atoms with Gasteiger partial charge in [0.25, 0.3) is 0 Å². The Hall–Kier alpha value is -4.16. The third-order valence-corrected chi connectivity index (χ3v) is 5.81. The minimum Gasteiger partial charge on any atom is -0.473 e. The molecule has 2 amide bonds. The van der Waals surface area contributed by atoms with Gasteiger partial charge < -0.3 is 41.0 Å². The van der Waals surface area contributed by atoms with Gasteiger partial charge >= 0.3 is 24.1 Å². The molecule has 0 fully saturated rings. The zero-order chi connectivity index (χ0) is 34.1. The van der Waals surface area contributed by atoms with Crippen molar-refractivity contribution in [3.8, 4) is 0 Å². The van der Waals surface area contributed by atoms with E-state index in [-0.39, 0.29) is 24.3 Å². The Balaban J connectivity index is 0.000000710. The molecule has 246 valence electrons. The predicted molar refractivity (Wildman–Crippen MR) is 169 cm³/mol. The van der Waals surface area contributed by atoms with Crippen molar-refractivity contribution in [2.75, 3.05) is 27.2 Å². The van der Waals surface area contributed by atoms with Gasteiger partial charge in [0.2, 0.25) is 0 Å². The van der Waals surface area contributed by atoms with E-state index in [9.17, 15) is 9.59 Å². The largest absolute Gasteiger partial charge is 0.473 e. The number of aliphatic carboxylic acids is 2. The maximum Gasteiger partial charge on any atom is 0.414 e. The van der Waals surface area contributed by atoms with Crippen LogP contribution in [0.3, 0.4) is 0 Å². The fourth-order valence-corrected chi connectivity index (χ4v) is 3.50. The molecule has 2 rings (SSSR count). The molecule has 0 aliphatic carbocycles. The first-order valence-electron chi connectivity index (χ1n) is 14.2. The molecule has 12 heteroatoms. The standard InChI is InChI=1S/2C15H24N2O2.C2H2O4/c2*1-15(2,3)19-14(18)17(4)13(11-16)10-12-8-6-5-7-9-12;3-1(4)2(5)6/h2*5-9,13H,10-11,16H2,1-4H3;(H,3,4)(H,5,6). The van der Waals surface area contributed by atoms with Gasteiger partial charge in [-0.3, -0.25) is 0 Å². The van der Waals surface area contributed by atoms with Crippen LogP contribution in [0, 0.1) is 0 Å². The Morgan fingerprint density at radius 1 is 0.636 bits per heavy atom. The van der Waals surface area contributed by atoms with Gasteiger partial charge in [0.1, 0.15) is 11.2 Å². The molecule has 2 aromatic carbocycles. The molecule has 2 aromatic rings. The number of hydrogen-bond donors (Lipinski definition) is 4. The van der Waals surface area contributed by atoms with E-state index in [1.807, 2.05) is 102 Å². The number of nitrogens with zero attached hydrogens (tertiary/aromatic N) is 2. The van der Waals surface area contributed by atoms with E-state index >= 15 is 0 Å². The molecule has 0 spiro atoms. The summed E-state index contributed by atoms with van der Waals surface area (Å²) in [5, 5.41) is 14.8. The van der Waals surface area contributed by atoms with Crippen LogP contribution in [0.25, 0.3) is 0 Å². The summed E-state index contributed by atoms with van der Waals surface area (Å²) in [7, 11) is 3.46. The van der Waals surface area contributed by atoms with Gasteiger partial charge in [-0.2, -0.15) is 0 Å². The van der Waals surface area contributed by atoms with Crippen molar-refractivity contribution < 1.29 is 38.9 Å². The molecule has 6 N–H and O–H groups in total. The summed E-state index contributed by atoms with van der Waals surface area (Å²) in [5.74, 6) is -3.65. The number of likely N-dealkylation sites (N-methyl/N-ethyl adjacent to an activating group) is 2. The summed E-state index contributed by atoms with van der Waals surface area (Å²) in [6.45, 7) is 11.9. The van der Waals surface area contributed by atoms with Crippen LogP contribution in [-0.4, -0.2) is 94.6 Å². The molecule has 0 aliphatic rings. The van der Waals surface area contributed by atoms with Crippen molar-refractivity contribution in [1.82, 2.24) is 9.80 Å². The first-order chi connectivity index (χ1) is 20.3. The van der Waals surface area contributed by atoms with E-state index in [0.29, 0.717) is 13.1 Å². The normalized spacial score (nSPS) is 12.1. The van der Waals surface area contributed by atoms with E-state index < -0.39 is 23.1 Å². The summed E-state index contributed by atoms with van der Waals surface area (Å²) in [4.78, 5) is 45.4. The van der Waals surface area contributed by atoms with Crippen LogP contribution in [-0.2, 0) is 31.9 Å². The molecule has 0 saturated carbocycles. The quantitative estimate of drug-likeness (QED) is 0.315. The molecule has 44 heavy (non-hydrogen) atoms. The first-order valence-corrected chi connectivity index (χ1v) is 14.2. The topological polar surface area (TPSA) is 186 Å².